The summed E-state index contributed by atoms with van der Waals surface area (Å²) < 4.78 is 6.10. The molecule has 2 atom stereocenters. The number of aromatic nitrogens is 4. The standard InChI is InChI=1S/C34H34N4O5/c1-7-21-17(3)24-11-25-19(5)23(9-10-32(40)41)29(37-25)14-31-34(15-20(39)16-43-34)33(6,42)30(38-31)13-28-22(8-2)18(4)26(36-28)12-27(21)35-24/h7-8,11-14,35-36,42H,1-2,9-10,15-16H2,3-6H3,(H,40,41)/t33-,34+/m0/s1. The molecule has 43 heavy (non-hydrogen) atoms. The Hall–Kier alpha value is -4.60. The van der Waals surface area contributed by atoms with Gasteiger partial charge in [-0.2, -0.15) is 0 Å². The van der Waals surface area contributed by atoms with Crippen LogP contribution in [0.1, 0.15) is 78.1 Å². The number of aliphatic hydroxyl groups is 1. The fourth-order valence-corrected chi connectivity index (χ4v) is 6.50. The van der Waals surface area contributed by atoms with E-state index in [1.165, 1.54) is 0 Å². The number of nitrogens with one attached hydrogen (secondary N) is 2. The van der Waals surface area contributed by atoms with Gasteiger partial charge < -0.3 is 24.9 Å². The zero-order valence-corrected chi connectivity index (χ0v) is 24.7. The number of aromatic amines is 2. The second-order valence-electron chi connectivity index (χ2n) is 11.6. The van der Waals surface area contributed by atoms with Gasteiger partial charge in [0.1, 0.15) is 12.2 Å². The predicted octanol–water partition coefficient (Wildman–Crippen LogP) is 6.11. The first-order chi connectivity index (χ1) is 20.4. The van der Waals surface area contributed by atoms with Crippen molar-refractivity contribution in [2.24, 2.45) is 0 Å². The van der Waals surface area contributed by atoms with Crippen LogP contribution in [0.5, 0.6) is 0 Å². The lowest BCUT2D eigenvalue weighted by atomic mass is 9.79. The molecule has 0 amide bonds. The highest BCUT2D eigenvalue weighted by molar-refractivity contribution is 5.94. The van der Waals surface area contributed by atoms with Crippen molar-refractivity contribution in [1.29, 1.82) is 0 Å². The Bertz CT molecular complexity index is 1960. The van der Waals surface area contributed by atoms with Crippen LogP contribution in [0, 0.1) is 13.8 Å². The van der Waals surface area contributed by atoms with Gasteiger partial charge in [-0.1, -0.05) is 25.3 Å². The number of carbonyl (C=O) groups excluding carboxylic acids is 1. The van der Waals surface area contributed by atoms with E-state index in [1.54, 1.807) is 25.1 Å². The van der Waals surface area contributed by atoms with Crippen LogP contribution in [0.4, 0.5) is 0 Å². The molecule has 0 aliphatic carbocycles. The van der Waals surface area contributed by atoms with Gasteiger partial charge in [0.05, 0.1) is 22.8 Å². The number of carboxylic acids is 1. The molecule has 9 heteroatoms. The lowest BCUT2D eigenvalue weighted by Gasteiger charge is -2.34. The molecule has 1 fully saturated rings. The summed E-state index contributed by atoms with van der Waals surface area (Å²) in [6, 6.07) is 7.48. The van der Waals surface area contributed by atoms with Crippen LogP contribution in [0.2, 0.25) is 0 Å². The molecule has 6 rings (SSSR count). The van der Waals surface area contributed by atoms with Crippen molar-refractivity contribution in [2.75, 3.05) is 6.61 Å². The van der Waals surface area contributed by atoms with E-state index < -0.39 is 17.2 Å². The quantitative estimate of drug-likeness (QED) is 0.286. The normalized spacial score (nSPS) is 21.6. The summed E-state index contributed by atoms with van der Waals surface area (Å²) in [7, 11) is 0. The molecule has 3 aliphatic rings. The SMILES string of the molecule is C=Cc1c(C)c2cc3[nH]c(cc4nc(cc5nc(cc1[nH]2)[C@](C)(O)[C@@]51CC(=O)CO1)C(CCC(=O)O)=C4C)c(C)c3C=C. The van der Waals surface area contributed by atoms with E-state index in [9.17, 15) is 19.8 Å². The Labute approximate surface area is 248 Å². The monoisotopic (exact) mass is 578 g/mol. The van der Waals surface area contributed by atoms with Crippen LogP contribution >= 0.6 is 0 Å². The van der Waals surface area contributed by atoms with Crippen LogP contribution < -0.4 is 0 Å². The van der Waals surface area contributed by atoms with Crippen molar-refractivity contribution in [2.45, 2.75) is 58.2 Å². The Morgan fingerprint density at radius 2 is 1.58 bits per heavy atom. The van der Waals surface area contributed by atoms with Crippen LogP contribution in [0.15, 0.2) is 37.4 Å². The maximum atomic E-state index is 12.6. The number of carboxylic acid groups (broad SMARTS) is 1. The van der Waals surface area contributed by atoms with Crippen molar-refractivity contribution in [3.8, 4) is 0 Å². The number of allylic oxidation sites excluding steroid dienone is 2. The zero-order valence-electron chi connectivity index (χ0n) is 24.7. The summed E-state index contributed by atoms with van der Waals surface area (Å²) in [6.45, 7) is 15.5. The number of ketones is 1. The highest BCUT2D eigenvalue weighted by Gasteiger charge is 2.60. The van der Waals surface area contributed by atoms with E-state index in [1.807, 2.05) is 39.0 Å². The number of carbonyl (C=O) groups is 2. The molecule has 1 spiro atoms. The van der Waals surface area contributed by atoms with E-state index in [0.29, 0.717) is 28.3 Å². The van der Waals surface area contributed by atoms with Gasteiger partial charge in [0.15, 0.2) is 11.4 Å². The first-order valence-electron chi connectivity index (χ1n) is 14.2. The summed E-state index contributed by atoms with van der Waals surface area (Å²) in [5.74, 6) is -1.06. The first-order valence-corrected chi connectivity index (χ1v) is 14.2. The number of hydrogen-bond donors (Lipinski definition) is 4. The Morgan fingerprint density at radius 3 is 2.16 bits per heavy atom. The average molecular weight is 579 g/mol. The molecule has 4 N–H and O–H groups in total. The average Bonchev–Trinajstić information content (AvgIpc) is 3.69. The molecular weight excluding hydrogens is 544 g/mol. The third kappa shape index (κ3) is 4.30. The fourth-order valence-electron chi connectivity index (χ4n) is 6.50. The van der Waals surface area contributed by atoms with Crippen LogP contribution in [0.3, 0.4) is 0 Å². The minimum Gasteiger partial charge on any atom is -0.481 e. The number of ether oxygens (including phenoxy) is 1. The largest absolute Gasteiger partial charge is 0.481 e. The zero-order chi connectivity index (χ0) is 30.8. The molecule has 0 saturated carbocycles. The third-order valence-electron chi connectivity index (χ3n) is 9.11. The number of aliphatic carboxylic acids is 1. The Morgan fingerprint density at radius 1 is 0.953 bits per heavy atom. The molecular formula is C34H34N4O5. The second kappa shape index (κ2) is 10.00. The summed E-state index contributed by atoms with van der Waals surface area (Å²) in [5, 5.41) is 21.5. The molecule has 3 aromatic heterocycles. The number of nitrogens with zero attached hydrogens (tertiary/aromatic N) is 2. The minimum atomic E-state index is -1.65. The van der Waals surface area contributed by atoms with Gasteiger partial charge in [0, 0.05) is 46.0 Å². The summed E-state index contributed by atoms with van der Waals surface area (Å²) in [5.41, 5.74) is 7.45. The molecule has 1 saturated heterocycles. The predicted molar refractivity (Wildman–Crippen MR) is 167 cm³/mol. The number of rotatable bonds is 5. The Balaban J connectivity index is 1.79. The van der Waals surface area contributed by atoms with E-state index in [-0.39, 0.29) is 31.7 Å². The number of Topliss-reactive ketones (excluding diaryl/α,β-unsaturated/α-hetero) is 1. The number of hydrogen-bond acceptors (Lipinski definition) is 6. The maximum Gasteiger partial charge on any atom is 0.303 e. The van der Waals surface area contributed by atoms with E-state index in [2.05, 4.69) is 23.1 Å². The van der Waals surface area contributed by atoms with E-state index in [4.69, 9.17) is 14.7 Å². The van der Waals surface area contributed by atoms with Crippen molar-refractivity contribution < 1.29 is 24.5 Å². The fraction of sp³-hybridized carbons (Fsp3) is 0.294. The van der Waals surface area contributed by atoms with Crippen LogP contribution in [-0.4, -0.2) is 48.5 Å². The van der Waals surface area contributed by atoms with Gasteiger partial charge in [0.2, 0.25) is 0 Å². The van der Waals surface area contributed by atoms with Crippen molar-refractivity contribution in [1.82, 2.24) is 19.9 Å². The van der Waals surface area contributed by atoms with Gasteiger partial charge in [-0.25, -0.2) is 4.98 Å². The smallest absolute Gasteiger partial charge is 0.303 e. The molecule has 0 unspecified atom stereocenters. The molecule has 9 nitrogen and oxygen atoms in total. The summed E-state index contributed by atoms with van der Waals surface area (Å²) in [4.78, 5) is 41.0. The topological polar surface area (TPSA) is 141 Å². The van der Waals surface area contributed by atoms with Gasteiger partial charge in [-0.15, -0.1) is 0 Å². The van der Waals surface area contributed by atoms with Crippen LogP contribution in [-0.2, 0) is 25.5 Å². The second-order valence-corrected chi connectivity index (χ2v) is 11.6. The summed E-state index contributed by atoms with van der Waals surface area (Å²) in [6.07, 6.45) is 3.69. The highest BCUT2D eigenvalue weighted by Crippen LogP contribution is 2.52. The molecule has 3 aromatic rings. The highest BCUT2D eigenvalue weighted by atomic mass is 16.5. The van der Waals surface area contributed by atoms with E-state index in [0.717, 1.165) is 50.0 Å². The maximum absolute atomic E-state index is 12.6. The van der Waals surface area contributed by atoms with Gasteiger partial charge >= 0.3 is 5.97 Å². The Kier molecular flexibility index (Phi) is 6.63. The molecule has 6 heterocycles. The first kappa shape index (κ1) is 28.5. The number of fused-ring (bicyclic) bond motifs is 9. The molecule has 0 radical (unpaired) electrons. The molecule has 8 bridgehead atoms. The molecule has 0 aromatic carbocycles. The van der Waals surface area contributed by atoms with Gasteiger partial charge in [0.25, 0.3) is 0 Å². The molecule has 220 valence electrons. The lowest BCUT2D eigenvalue weighted by Crippen LogP contribution is -2.43. The van der Waals surface area contributed by atoms with Gasteiger partial charge in [-0.3, -0.25) is 14.6 Å². The van der Waals surface area contributed by atoms with Crippen LogP contribution in [0.25, 0.3) is 45.4 Å². The van der Waals surface area contributed by atoms with Crippen molar-refractivity contribution in [3.63, 3.8) is 0 Å². The van der Waals surface area contributed by atoms with E-state index >= 15 is 0 Å². The van der Waals surface area contributed by atoms with Gasteiger partial charge in [-0.05, 0) is 80.7 Å². The van der Waals surface area contributed by atoms with Crippen molar-refractivity contribution >= 4 is 57.1 Å². The third-order valence-corrected chi connectivity index (χ3v) is 9.11. The summed E-state index contributed by atoms with van der Waals surface area (Å²) >= 11 is 0. The number of H-pyrrole nitrogens is 2. The molecule has 3 aliphatic heterocycles. The minimum absolute atomic E-state index is 0.0542. The number of aryl methyl sites for hydroxylation is 2. The lowest BCUT2D eigenvalue weighted by molar-refractivity contribution is -0.156. The van der Waals surface area contributed by atoms with Crippen molar-refractivity contribution in [3.05, 3.63) is 82.5 Å².